The van der Waals surface area contributed by atoms with Gasteiger partial charge in [0.1, 0.15) is 17.1 Å². The summed E-state index contributed by atoms with van der Waals surface area (Å²) in [6.07, 6.45) is 4.85. The van der Waals surface area contributed by atoms with Gasteiger partial charge in [-0.25, -0.2) is 0 Å². The fraction of sp³-hybridized carbons (Fsp3) is 0. The minimum absolute atomic E-state index is 0.0170. The minimum atomic E-state index is -0.553. The number of hydrogen-bond acceptors (Lipinski definition) is 5. The molecule has 6 nitrogen and oxygen atoms in total. The van der Waals surface area contributed by atoms with E-state index < -0.39 is 11.8 Å². The van der Waals surface area contributed by atoms with E-state index in [1.54, 1.807) is 42.7 Å². The van der Waals surface area contributed by atoms with Gasteiger partial charge in [0.25, 0.3) is 11.8 Å². The summed E-state index contributed by atoms with van der Waals surface area (Å²) in [7, 11) is 0. The van der Waals surface area contributed by atoms with Crippen molar-refractivity contribution in [2.45, 2.75) is 0 Å². The summed E-state index contributed by atoms with van der Waals surface area (Å²) in [5.74, 6) is 0.243. The second-order valence-corrected chi connectivity index (χ2v) is 8.08. The van der Waals surface area contributed by atoms with Crippen LogP contribution in [0.1, 0.15) is 5.56 Å². The Morgan fingerprint density at radius 2 is 1.49 bits per heavy atom. The lowest BCUT2D eigenvalue weighted by molar-refractivity contribution is -0.122. The molecule has 35 heavy (non-hydrogen) atoms. The molecule has 0 saturated carbocycles. The SMILES string of the molecule is O=C1NC(=S)N(c2ccc(Oc3ccccc3)cc2)C(=O)C1=Cc1cnccc1-c1ccccc1. The molecule has 2 amide bonds. The number of aromatic nitrogens is 1. The number of hydrogen-bond donors (Lipinski definition) is 1. The molecule has 1 aliphatic rings. The maximum absolute atomic E-state index is 13.4. The van der Waals surface area contributed by atoms with Crippen molar-refractivity contribution in [3.63, 3.8) is 0 Å². The van der Waals surface area contributed by atoms with Crippen LogP contribution in [0.25, 0.3) is 17.2 Å². The van der Waals surface area contributed by atoms with Crippen LogP contribution in [0.3, 0.4) is 0 Å². The fourth-order valence-electron chi connectivity index (χ4n) is 3.74. The van der Waals surface area contributed by atoms with Gasteiger partial charge >= 0.3 is 0 Å². The smallest absolute Gasteiger partial charge is 0.270 e. The van der Waals surface area contributed by atoms with Crippen LogP contribution in [0.2, 0.25) is 0 Å². The van der Waals surface area contributed by atoms with Gasteiger partial charge in [0.15, 0.2) is 5.11 Å². The van der Waals surface area contributed by atoms with Gasteiger partial charge in [-0.15, -0.1) is 0 Å². The Bertz CT molecular complexity index is 1440. The molecular weight excluding hydrogens is 458 g/mol. The number of nitrogens with one attached hydrogen (secondary N) is 1. The zero-order valence-corrected chi connectivity index (χ0v) is 19.2. The van der Waals surface area contributed by atoms with Gasteiger partial charge in [-0.1, -0.05) is 48.5 Å². The third kappa shape index (κ3) is 4.71. The van der Waals surface area contributed by atoms with Crippen LogP contribution in [0.5, 0.6) is 11.5 Å². The molecule has 0 aliphatic carbocycles. The van der Waals surface area contributed by atoms with E-state index >= 15 is 0 Å². The number of rotatable bonds is 5. The molecule has 5 rings (SSSR count). The lowest BCUT2D eigenvalue weighted by atomic mass is 9.99. The molecule has 170 valence electrons. The van der Waals surface area contributed by atoms with Crippen LogP contribution < -0.4 is 15.0 Å². The third-order valence-corrected chi connectivity index (χ3v) is 5.70. The number of thiocarbonyl (C=S) groups is 1. The van der Waals surface area contributed by atoms with Gasteiger partial charge in [0.2, 0.25) is 0 Å². The Hall–Kier alpha value is -4.62. The van der Waals surface area contributed by atoms with E-state index in [2.05, 4.69) is 10.3 Å². The van der Waals surface area contributed by atoms with Crippen molar-refractivity contribution in [3.8, 4) is 22.6 Å². The Morgan fingerprint density at radius 3 is 2.20 bits per heavy atom. The highest BCUT2D eigenvalue weighted by molar-refractivity contribution is 7.80. The summed E-state index contributed by atoms with van der Waals surface area (Å²) in [6.45, 7) is 0. The maximum Gasteiger partial charge on any atom is 0.270 e. The molecule has 1 N–H and O–H groups in total. The first kappa shape index (κ1) is 22.2. The van der Waals surface area contributed by atoms with Gasteiger partial charge in [-0.05, 0) is 71.9 Å². The summed E-state index contributed by atoms with van der Waals surface area (Å²) in [5, 5.41) is 2.64. The zero-order chi connectivity index (χ0) is 24.2. The second kappa shape index (κ2) is 9.70. The van der Waals surface area contributed by atoms with E-state index in [0.717, 1.165) is 11.1 Å². The van der Waals surface area contributed by atoms with Crippen LogP contribution in [0, 0.1) is 0 Å². The Kier molecular flexibility index (Phi) is 6.15. The lowest BCUT2D eigenvalue weighted by Gasteiger charge is -2.29. The number of ether oxygens (including phenoxy) is 1. The van der Waals surface area contributed by atoms with Gasteiger partial charge < -0.3 is 4.74 Å². The average molecular weight is 478 g/mol. The second-order valence-electron chi connectivity index (χ2n) is 7.70. The number of pyridine rings is 1. The molecule has 1 aliphatic heterocycles. The fourth-order valence-corrected chi connectivity index (χ4v) is 4.02. The largest absolute Gasteiger partial charge is 0.457 e. The van der Waals surface area contributed by atoms with Crippen LogP contribution >= 0.6 is 12.2 Å². The van der Waals surface area contributed by atoms with E-state index in [1.165, 1.54) is 4.90 Å². The van der Waals surface area contributed by atoms with Gasteiger partial charge in [-0.3, -0.25) is 24.8 Å². The summed E-state index contributed by atoms with van der Waals surface area (Å²) >= 11 is 5.32. The molecule has 0 radical (unpaired) electrons. The Morgan fingerprint density at radius 1 is 0.829 bits per heavy atom. The normalized spacial score (nSPS) is 14.7. The van der Waals surface area contributed by atoms with Crippen LogP contribution in [-0.4, -0.2) is 21.9 Å². The number of para-hydroxylation sites is 1. The van der Waals surface area contributed by atoms with Gasteiger partial charge in [0, 0.05) is 18.0 Å². The summed E-state index contributed by atoms with van der Waals surface area (Å²) in [6, 6.07) is 27.9. The third-order valence-electron chi connectivity index (χ3n) is 5.41. The first-order chi connectivity index (χ1) is 17.1. The lowest BCUT2D eigenvalue weighted by Crippen LogP contribution is -2.54. The predicted molar refractivity (Wildman–Crippen MR) is 139 cm³/mol. The standard InChI is InChI=1S/C28H19N3O3S/c32-26-25(17-20-18-29-16-15-24(20)19-7-3-1-4-8-19)27(33)31(28(35)30-26)21-11-13-23(14-12-21)34-22-9-5-2-6-10-22/h1-18H,(H,30,32,35). The number of nitrogens with zero attached hydrogens (tertiary/aromatic N) is 2. The van der Waals surface area contributed by atoms with Crippen LogP contribution in [-0.2, 0) is 9.59 Å². The van der Waals surface area contributed by atoms with Crippen molar-refractivity contribution in [1.29, 1.82) is 0 Å². The van der Waals surface area contributed by atoms with E-state index in [4.69, 9.17) is 17.0 Å². The Labute approximate surface area is 207 Å². The molecule has 3 aromatic carbocycles. The predicted octanol–water partition coefficient (Wildman–Crippen LogP) is 5.37. The molecule has 7 heteroatoms. The Balaban J connectivity index is 1.45. The molecule has 0 bridgehead atoms. The van der Waals surface area contributed by atoms with Crippen molar-refractivity contribution in [2.24, 2.45) is 0 Å². The molecule has 4 aromatic rings. The van der Waals surface area contributed by atoms with Crippen LogP contribution in [0.4, 0.5) is 5.69 Å². The highest BCUT2D eigenvalue weighted by Crippen LogP contribution is 2.29. The minimum Gasteiger partial charge on any atom is -0.457 e. The molecule has 0 atom stereocenters. The van der Waals surface area contributed by atoms with Crippen LogP contribution in [0.15, 0.2) is 109 Å². The molecule has 1 aromatic heterocycles. The number of amides is 2. The summed E-state index contributed by atoms with van der Waals surface area (Å²) in [5.41, 5.74) is 2.94. The number of carbonyl (C=O) groups excluding carboxylic acids is 2. The average Bonchev–Trinajstić information content (AvgIpc) is 2.89. The molecule has 2 heterocycles. The monoisotopic (exact) mass is 477 g/mol. The topological polar surface area (TPSA) is 71.5 Å². The molecule has 0 spiro atoms. The molecule has 1 fully saturated rings. The molecule has 1 saturated heterocycles. The number of anilines is 1. The van der Waals surface area contributed by atoms with Gasteiger partial charge in [0.05, 0.1) is 5.69 Å². The number of carbonyl (C=O) groups is 2. The highest BCUT2D eigenvalue weighted by Gasteiger charge is 2.34. The summed E-state index contributed by atoms with van der Waals surface area (Å²) in [4.78, 5) is 31.7. The quantitative estimate of drug-likeness (QED) is 0.238. The maximum atomic E-state index is 13.4. The first-order valence-electron chi connectivity index (χ1n) is 10.8. The number of benzene rings is 3. The van der Waals surface area contributed by atoms with E-state index in [-0.39, 0.29) is 10.7 Å². The molecular formula is C28H19N3O3S. The van der Waals surface area contributed by atoms with E-state index in [9.17, 15) is 9.59 Å². The van der Waals surface area contributed by atoms with E-state index in [1.807, 2.05) is 66.7 Å². The highest BCUT2D eigenvalue weighted by atomic mass is 32.1. The first-order valence-corrected chi connectivity index (χ1v) is 11.2. The van der Waals surface area contributed by atoms with Crippen molar-refractivity contribution in [3.05, 3.63) is 115 Å². The van der Waals surface area contributed by atoms with Crippen molar-refractivity contribution >= 4 is 40.9 Å². The zero-order valence-electron chi connectivity index (χ0n) is 18.4. The van der Waals surface area contributed by atoms with E-state index in [0.29, 0.717) is 22.7 Å². The molecule has 0 unspecified atom stereocenters. The van der Waals surface area contributed by atoms with Crippen molar-refractivity contribution < 1.29 is 14.3 Å². The van der Waals surface area contributed by atoms with Gasteiger partial charge in [-0.2, -0.15) is 0 Å². The van der Waals surface area contributed by atoms with Crippen molar-refractivity contribution in [1.82, 2.24) is 10.3 Å². The van der Waals surface area contributed by atoms with Crippen molar-refractivity contribution in [2.75, 3.05) is 4.90 Å². The summed E-state index contributed by atoms with van der Waals surface area (Å²) < 4.78 is 5.82.